The lowest BCUT2D eigenvalue weighted by molar-refractivity contribution is 0.660. The number of aromatic nitrogens is 3. The van der Waals surface area contributed by atoms with Crippen LogP contribution in [0.5, 0.6) is 0 Å². The molecule has 0 fully saturated rings. The molecule has 11 rings (SSSR count). The third kappa shape index (κ3) is 6.61. The molecule has 1 aliphatic carbocycles. The highest BCUT2D eigenvalue weighted by Crippen LogP contribution is 2.52. The fourth-order valence-corrected chi connectivity index (χ4v) is 9.08. The van der Waals surface area contributed by atoms with Crippen molar-refractivity contribution in [2.75, 3.05) is 0 Å². The Balaban J connectivity index is 1.02. The van der Waals surface area contributed by atoms with Crippen LogP contribution in [0.1, 0.15) is 25.0 Å². The smallest absolute Gasteiger partial charge is 0.164 e. The van der Waals surface area contributed by atoms with Gasteiger partial charge in [-0.25, -0.2) is 15.0 Å². The van der Waals surface area contributed by atoms with Crippen molar-refractivity contribution in [3.63, 3.8) is 0 Å². The summed E-state index contributed by atoms with van der Waals surface area (Å²) in [4.78, 5) is 15.2. The van der Waals surface area contributed by atoms with Gasteiger partial charge in [0.05, 0.1) is 0 Å². The van der Waals surface area contributed by atoms with Crippen LogP contribution in [0, 0.1) is 0 Å². The Labute approximate surface area is 356 Å². The summed E-state index contributed by atoms with van der Waals surface area (Å²) in [5.74, 6) is 1.91. The molecule has 9 aromatic carbocycles. The molecule has 0 spiro atoms. The van der Waals surface area contributed by atoms with Gasteiger partial charge in [0.2, 0.25) is 0 Å². The Hall–Kier alpha value is -7.75. The van der Waals surface area contributed by atoms with Gasteiger partial charge >= 0.3 is 0 Å². The normalized spacial score (nSPS) is 12.6. The van der Waals surface area contributed by atoms with Gasteiger partial charge in [-0.05, 0) is 108 Å². The van der Waals surface area contributed by atoms with E-state index in [1.54, 1.807) is 0 Å². The third-order valence-electron chi connectivity index (χ3n) is 12.3. The van der Waals surface area contributed by atoms with Crippen LogP contribution in [-0.2, 0) is 5.41 Å². The van der Waals surface area contributed by atoms with Crippen LogP contribution in [0.2, 0.25) is 0 Å². The van der Waals surface area contributed by atoms with Gasteiger partial charge in [0.1, 0.15) is 0 Å². The number of hydrogen-bond donors (Lipinski definition) is 0. The first-order valence-electron chi connectivity index (χ1n) is 20.9. The predicted octanol–water partition coefficient (Wildman–Crippen LogP) is 15.0. The van der Waals surface area contributed by atoms with Crippen molar-refractivity contribution in [2.24, 2.45) is 0 Å². The van der Waals surface area contributed by atoms with Gasteiger partial charge in [-0.2, -0.15) is 0 Å². The number of benzene rings is 9. The molecule has 288 valence electrons. The monoisotopic (exact) mass is 779 g/mol. The molecule has 0 saturated carbocycles. The van der Waals surface area contributed by atoms with Crippen molar-refractivity contribution in [2.45, 2.75) is 19.3 Å². The van der Waals surface area contributed by atoms with Gasteiger partial charge in [-0.1, -0.05) is 196 Å². The molecule has 1 heterocycles. The molecular weight excluding hydrogens is 739 g/mol. The average molecular weight is 780 g/mol. The summed E-state index contributed by atoms with van der Waals surface area (Å²) in [5.41, 5.74) is 17.4. The van der Waals surface area contributed by atoms with Crippen molar-refractivity contribution < 1.29 is 0 Å². The van der Waals surface area contributed by atoms with E-state index in [9.17, 15) is 0 Å². The molecule has 61 heavy (non-hydrogen) atoms. The number of nitrogens with zero attached hydrogens (tertiary/aromatic N) is 3. The van der Waals surface area contributed by atoms with Gasteiger partial charge in [0, 0.05) is 22.1 Å². The van der Waals surface area contributed by atoms with Crippen LogP contribution in [0.15, 0.2) is 212 Å². The second kappa shape index (κ2) is 14.8. The van der Waals surface area contributed by atoms with Crippen molar-refractivity contribution in [3.05, 3.63) is 223 Å². The zero-order valence-corrected chi connectivity index (χ0v) is 34.0. The fourth-order valence-electron chi connectivity index (χ4n) is 9.08. The van der Waals surface area contributed by atoms with Crippen molar-refractivity contribution in [1.82, 2.24) is 15.0 Å². The summed E-state index contributed by atoms with van der Waals surface area (Å²) >= 11 is 0. The van der Waals surface area contributed by atoms with Crippen LogP contribution in [-0.4, -0.2) is 15.0 Å². The zero-order chi connectivity index (χ0) is 40.9. The Morgan fingerprint density at radius 2 is 0.721 bits per heavy atom. The molecule has 0 aliphatic heterocycles. The molecule has 1 aliphatic rings. The van der Waals surface area contributed by atoms with Crippen LogP contribution in [0.3, 0.4) is 0 Å². The van der Waals surface area contributed by atoms with E-state index in [0.717, 1.165) is 33.4 Å². The standard InChI is InChI=1S/C58H41N3/c1-58(2)53-26-12-11-25-49(53)52-36-50(47-32-29-39-17-9-10-20-43(39)33-47)51(37-54(52)58)46-23-13-21-44(34-46)45-22-14-24-48(35-45)57-60-55(41-18-7-4-8-19-41)59-56(61-57)42-30-27-40(28-31-42)38-15-5-3-6-16-38/h3-37H,1-2H3. The van der Waals surface area contributed by atoms with Gasteiger partial charge in [0.25, 0.3) is 0 Å². The Morgan fingerprint density at radius 1 is 0.262 bits per heavy atom. The first-order valence-corrected chi connectivity index (χ1v) is 20.9. The molecule has 1 aromatic heterocycles. The maximum atomic E-state index is 5.11. The van der Waals surface area contributed by atoms with E-state index in [-0.39, 0.29) is 5.41 Å². The molecule has 3 heteroatoms. The minimum absolute atomic E-state index is 0.125. The SMILES string of the molecule is CC1(C)c2ccccc2-c2cc(-c3ccc4ccccc4c3)c(-c3cccc(-c4cccc(-c5nc(-c6ccccc6)nc(-c6ccc(-c7ccccc7)cc6)n5)c4)c3)cc21. The van der Waals surface area contributed by atoms with Crippen molar-refractivity contribution >= 4 is 10.8 Å². The predicted molar refractivity (Wildman–Crippen MR) is 253 cm³/mol. The fraction of sp³-hybridized carbons (Fsp3) is 0.0517. The maximum Gasteiger partial charge on any atom is 0.164 e. The summed E-state index contributed by atoms with van der Waals surface area (Å²) in [6.07, 6.45) is 0. The molecule has 0 amide bonds. The zero-order valence-electron chi connectivity index (χ0n) is 34.0. The van der Waals surface area contributed by atoms with Gasteiger partial charge in [-0.15, -0.1) is 0 Å². The van der Waals surface area contributed by atoms with E-state index in [4.69, 9.17) is 15.0 Å². The lowest BCUT2D eigenvalue weighted by atomic mass is 9.80. The molecule has 0 saturated heterocycles. The number of hydrogen-bond acceptors (Lipinski definition) is 3. The van der Waals surface area contributed by atoms with E-state index in [1.165, 1.54) is 60.8 Å². The highest BCUT2D eigenvalue weighted by atomic mass is 15.0. The first-order chi connectivity index (χ1) is 30.0. The summed E-state index contributed by atoms with van der Waals surface area (Å²) in [6, 6.07) is 75.9. The molecule has 3 nitrogen and oxygen atoms in total. The minimum Gasteiger partial charge on any atom is -0.208 e. The van der Waals surface area contributed by atoms with E-state index in [2.05, 4.69) is 190 Å². The van der Waals surface area contributed by atoms with Gasteiger partial charge in [0.15, 0.2) is 17.5 Å². The average Bonchev–Trinajstić information content (AvgIpc) is 3.56. The Bertz CT molecular complexity index is 3260. The molecule has 0 bridgehead atoms. The number of rotatable bonds is 7. The second-order valence-electron chi connectivity index (χ2n) is 16.5. The summed E-state index contributed by atoms with van der Waals surface area (Å²) in [6.45, 7) is 4.71. The number of fused-ring (bicyclic) bond motifs is 4. The van der Waals surface area contributed by atoms with E-state index >= 15 is 0 Å². The van der Waals surface area contributed by atoms with Crippen LogP contribution < -0.4 is 0 Å². The lowest BCUT2D eigenvalue weighted by Gasteiger charge is -2.23. The summed E-state index contributed by atoms with van der Waals surface area (Å²) in [7, 11) is 0. The van der Waals surface area contributed by atoms with Crippen LogP contribution in [0.4, 0.5) is 0 Å². The van der Waals surface area contributed by atoms with Gasteiger partial charge < -0.3 is 0 Å². The van der Waals surface area contributed by atoms with Crippen LogP contribution >= 0.6 is 0 Å². The summed E-state index contributed by atoms with van der Waals surface area (Å²) < 4.78 is 0. The highest BCUT2D eigenvalue weighted by Gasteiger charge is 2.36. The minimum atomic E-state index is -0.125. The van der Waals surface area contributed by atoms with Crippen LogP contribution in [0.25, 0.3) is 101 Å². The van der Waals surface area contributed by atoms with Gasteiger partial charge in [-0.3, -0.25) is 0 Å². The lowest BCUT2D eigenvalue weighted by Crippen LogP contribution is -2.15. The Morgan fingerprint density at radius 3 is 1.44 bits per heavy atom. The maximum absolute atomic E-state index is 5.11. The molecule has 10 aromatic rings. The largest absolute Gasteiger partial charge is 0.208 e. The van der Waals surface area contributed by atoms with Crippen molar-refractivity contribution in [3.8, 4) is 89.8 Å². The quantitative estimate of drug-likeness (QED) is 0.162. The highest BCUT2D eigenvalue weighted by molar-refractivity contribution is 5.96. The second-order valence-corrected chi connectivity index (χ2v) is 16.5. The van der Waals surface area contributed by atoms with E-state index < -0.39 is 0 Å². The molecular formula is C58H41N3. The third-order valence-corrected chi connectivity index (χ3v) is 12.3. The van der Waals surface area contributed by atoms with E-state index in [0.29, 0.717) is 17.5 Å². The first kappa shape index (κ1) is 36.3. The van der Waals surface area contributed by atoms with Crippen molar-refractivity contribution in [1.29, 1.82) is 0 Å². The van der Waals surface area contributed by atoms with E-state index in [1.807, 2.05) is 36.4 Å². The summed E-state index contributed by atoms with van der Waals surface area (Å²) in [5, 5.41) is 2.48. The topological polar surface area (TPSA) is 38.7 Å². The molecule has 0 radical (unpaired) electrons. The Kier molecular flexibility index (Phi) is 8.82. The molecule has 0 N–H and O–H groups in total. The molecule has 0 unspecified atom stereocenters. The molecule has 0 atom stereocenters.